The fourth-order valence-electron chi connectivity index (χ4n) is 5.35. The van der Waals surface area contributed by atoms with Crippen LogP contribution >= 0.6 is 0 Å². The van der Waals surface area contributed by atoms with Gasteiger partial charge in [-0.05, 0) is 73.9 Å². The Morgan fingerprint density at radius 1 is 1.03 bits per heavy atom. The number of anilines is 1. The summed E-state index contributed by atoms with van der Waals surface area (Å²) < 4.78 is 20.2. The lowest BCUT2D eigenvalue weighted by molar-refractivity contribution is -0.0140. The van der Waals surface area contributed by atoms with Gasteiger partial charge in [-0.1, -0.05) is 30.3 Å². The average molecular weight is 476 g/mol. The molecule has 0 radical (unpaired) electrons. The molecule has 3 heterocycles. The first-order valence-corrected chi connectivity index (χ1v) is 12.4. The SMILES string of the molecule is CN(C)CCCC1(c2ccc(F)cc2)OCc2cc(CN3CCN(c4ccncn4)CC3)ccc21. The number of benzene rings is 2. The van der Waals surface area contributed by atoms with E-state index in [0.717, 1.165) is 63.5 Å². The number of fused-ring (bicyclic) bond motifs is 1. The zero-order valence-corrected chi connectivity index (χ0v) is 20.7. The molecule has 1 saturated heterocycles. The molecule has 0 amide bonds. The first kappa shape index (κ1) is 23.9. The van der Waals surface area contributed by atoms with Crippen LogP contribution in [0.2, 0.25) is 0 Å². The second kappa shape index (κ2) is 10.4. The molecule has 35 heavy (non-hydrogen) atoms. The number of hydrogen-bond donors (Lipinski definition) is 0. The Morgan fingerprint density at radius 2 is 1.83 bits per heavy atom. The molecule has 2 aliphatic rings. The van der Waals surface area contributed by atoms with Crippen LogP contribution in [0.15, 0.2) is 61.1 Å². The monoisotopic (exact) mass is 475 g/mol. The van der Waals surface area contributed by atoms with Gasteiger partial charge in [-0.2, -0.15) is 0 Å². The van der Waals surface area contributed by atoms with Gasteiger partial charge >= 0.3 is 0 Å². The molecule has 0 bridgehead atoms. The summed E-state index contributed by atoms with van der Waals surface area (Å²) >= 11 is 0. The minimum atomic E-state index is -0.513. The van der Waals surface area contributed by atoms with Gasteiger partial charge in [0.2, 0.25) is 0 Å². The highest BCUT2D eigenvalue weighted by molar-refractivity contribution is 5.46. The number of ether oxygens (including phenoxy) is 1. The first-order chi connectivity index (χ1) is 17.0. The minimum absolute atomic E-state index is 0.217. The van der Waals surface area contributed by atoms with E-state index in [2.05, 4.69) is 57.0 Å². The van der Waals surface area contributed by atoms with Crippen molar-refractivity contribution in [3.05, 3.63) is 89.1 Å². The molecule has 3 aromatic rings. The van der Waals surface area contributed by atoms with Crippen LogP contribution in [0, 0.1) is 5.82 Å². The summed E-state index contributed by atoms with van der Waals surface area (Å²) in [5.41, 5.74) is 4.30. The zero-order chi connectivity index (χ0) is 24.3. The van der Waals surface area contributed by atoms with Crippen LogP contribution in [0.25, 0.3) is 0 Å². The van der Waals surface area contributed by atoms with Gasteiger partial charge in [0.05, 0.1) is 6.61 Å². The van der Waals surface area contributed by atoms with E-state index in [1.807, 2.05) is 18.2 Å². The van der Waals surface area contributed by atoms with Crippen LogP contribution in [0.4, 0.5) is 10.2 Å². The Hall–Kier alpha value is -2.87. The Balaban J connectivity index is 1.30. The standard InChI is InChI=1S/C28H34FN5O/c1-32(2)13-3-11-28(24-5-7-25(29)8-6-24)26-9-4-22(18-23(26)20-35-28)19-33-14-16-34(17-15-33)27-10-12-30-21-31-27/h4-10,12,18,21H,3,11,13-17,19-20H2,1-2H3. The normalized spacial score (nSPS) is 20.4. The highest BCUT2D eigenvalue weighted by Gasteiger charge is 2.41. The summed E-state index contributed by atoms with van der Waals surface area (Å²) in [7, 11) is 4.18. The number of halogens is 1. The number of aromatic nitrogens is 2. The fraction of sp³-hybridized carbons (Fsp3) is 0.429. The largest absolute Gasteiger partial charge is 0.361 e. The molecule has 2 aromatic carbocycles. The molecule has 1 aromatic heterocycles. The van der Waals surface area contributed by atoms with Crippen LogP contribution in [-0.2, 0) is 23.5 Å². The summed E-state index contributed by atoms with van der Waals surface area (Å²) in [6, 6.07) is 15.6. The third-order valence-electron chi connectivity index (χ3n) is 7.19. The van der Waals surface area contributed by atoms with Crippen molar-refractivity contribution in [3.63, 3.8) is 0 Å². The average Bonchev–Trinajstić information content (AvgIpc) is 3.24. The van der Waals surface area contributed by atoms with Crippen molar-refractivity contribution in [1.82, 2.24) is 19.8 Å². The molecule has 0 aliphatic carbocycles. The summed E-state index contributed by atoms with van der Waals surface area (Å²) in [4.78, 5) is 15.4. The Morgan fingerprint density at radius 3 is 2.54 bits per heavy atom. The predicted octanol–water partition coefficient (Wildman–Crippen LogP) is 4.05. The molecule has 7 heteroatoms. The number of piperazine rings is 1. The molecule has 6 nitrogen and oxygen atoms in total. The predicted molar refractivity (Wildman–Crippen MR) is 136 cm³/mol. The van der Waals surface area contributed by atoms with E-state index in [1.54, 1.807) is 24.7 Å². The second-order valence-electron chi connectivity index (χ2n) is 9.85. The molecule has 1 atom stereocenters. The maximum absolute atomic E-state index is 13.7. The van der Waals surface area contributed by atoms with Crippen molar-refractivity contribution in [2.75, 3.05) is 51.7 Å². The van der Waals surface area contributed by atoms with Crippen LogP contribution in [0.1, 0.15) is 35.1 Å². The van der Waals surface area contributed by atoms with Gasteiger partial charge in [0.15, 0.2) is 0 Å². The Kier molecular flexibility index (Phi) is 7.09. The van der Waals surface area contributed by atoms with Crippen molar-refractivity contribution >= 4 is 5.82 Å². The topological polar surface area (TPSA) is 44.7 Å². The van der Waals surface area contributed by atoms with E-state index in [-0.39, 0.29) is 5.82 Å². The van der Waals surface area contributed by atoms with E-state index in [4.69, 9.17) is 4.74 Å². The summed E-state index contributed by atoms with van der Waals surface area (Å²) in [5.74, 6) is 0.784. The van der Waals surface area contributed by atoms with Crippen molar-refractivity contribution in [3.8, 4) is 0 Å². The van der Waals surface area contributed by atoms with Crippen molar-refractivity contribution in [2.45, 2.75) is 31.6 Å². The Bertz CT molecular complexity index is 1120. The maximum Gasteiger partial charge on any atom is 0.131 e. The molecular weight excluding hydrogens is 441 g/mol. The minimum Gasteiger partial charge on any atom is -0.361 e. The van der Waals surface area contributed by atoms with Crippen molar-refractivity contribution in [2.24, 2.45) is 0 Å². The lowest BCUT2D eigenvalue weighted by Gasteiger charge is -2.35. The fourth-order valence-corrected chi connectivity index (χ4v) is 5.35. The van der Waals surface area contributed by atoms with E-state index >= 15 is 0 Å². The van der Waals surface area contributed by atoms with Gasteiger partial charge in [0.1, 0.15) is 23.6 Å². The van der Waals surface area contributed by atoms with Crippen LogP contribution in [0.5, 0.6) is 0 Å². The molecule has 2 aliphatic heterocycles. The van der Waals surface area contributed by atoms with Gasteiger partial charge in [-0.3, -0.25) is 4.90 Å². The van der Waals surface area contributed by atoms with E-state index in [0.29, 0.717) is 6.61 Å². The smallest absolute Gasteiger partial charge is 0.131 e. The molecular formula is C28H34FN5O. The molecule has 0 spiro atoms. The lowest BCUT2D eigenvalue weighted by Crippen LogP contribution is -2.46. The van der Waals surface area contributed by atoms with Crippen LogP contribution in [0.3, 0.4) is 0 Å². The summed E-state index contributed by atoms with van der Waals surface area (Å²) in [5, 5.41) is 0. The Labute approximate surface area is 207 Å². The quantitative estimate of drug-likeness (QED) is 0.490. The molecule has 1 unspecified atom stereocenters. The second-order valence-corrected chi connectivity index (χ2v) is 9.85. The van der Waals surface area contributed by atoms with Gasteiger partial charge in [0, 0.05) is 38.9 Å². The molecule has 0 saturated carbocycles. The molecule has 1 fully saturated rings. The third kappa shape index (κ3) is 5.22. The molecule has 5 rings (SSSR count). The summed E-state index contributed by atoms with van der Waals surface area (Å²) in [6.07, 6.45) is 5.28. The maximum atomic E-state index is 13.7. The zero-order valence-electron chi connectivity index (χ0n) is 20.7. The highest BCUT2D eigenvalue weighted by Crippen LogP contribution is 2.45. The number of hydrogen-bond acceptors (Lipinski definition) is 6. The van der Waals surface area contributed by atoms with Crippen molar-refractivity contribution in [1.29, 1.82) is 0 Å². The molecule has 0 N–H and O–H groups in total. The van der Waals surface area contributed by atoms with Crippen LogP contribution in [-0.4, -0.2) is 66.6 Å². The summed E-state index contributed by atoms with van der Waals surface area (Å²) in [6.45, 7) is 6.43. The van der Waals surface area contributed by atoms with E-state index < -0.39 is 5.60 Å². The van der Waals surface area contributed by atoms with E-state index in [9.17, 15) is 4.39 Å². The lowest BCUT2D eigenvalue weighted by atomic mass is 9.81. The van der Waals surface area contributed by atoms with E-state index in [1.165, 1.54) is 16.7 Å². The first-order valence-electron chi connectivity index (χ1n) is 12.4. The van der Waals surface area contributed by atoms with Gasteiger partial charge in [-0.15, -0.1) is 0 Å². The van der Waals surface area contributed by atoms with Gasteiger partial charge in [0.25, 0.3) is 0 Å². The number of rotatable bonds is 8. The number of nitrogens with zero attached hydrogens (tertiary/aromatic N) is 5. The molecule has 184 valence electrons. The third-order valence-corrected chi connectivity index (χ3v) is 7.19. The van der Waals surface area contributed by atoms with Gasteiger partial charge in [-0.25, -0.2) is 14.4 Å². The highest BCUT2D eigenvalue weighted by atomic mass is 19.1. The van der Waals surface area contributed by atoms with Crippen LogP contribution < -0.4 is 4.90 Å². The van der Waals surface area contributed by atoms with Crippen molar-refractivity contribution < 1.29 is 9.13 Å². The van der Waals surface area contributed by atoms with Gasteiger partial charge < -0.3 is 14.5 Å².